The van der Waals surface area contributed by atoms with E-state index in [1.807, 2.05) is 16.9 Å². The number of nitrogens with two attached hydrogens (primary N) is 1. The molecule has 1 atom stereocenters. The van der Waals surface area contributed by atoms with Crippen molar-refractivity contribution < 1.29 is 9.13 Å². The van der Waals surface area contributed by atoms with Crippen LogP contribution in [-0.2, 0) is 0 Å². The fourth-order valence-corrected chi connectivity index (χ4v) is 4.30. The zero-order valence-electron chi connectivity index (χ0n) is 16.4. The van der Waals surface area contributed by atoms with Crippen LogP contribution >= 0.6 is 23.2 Å². The smallest absolute Gasteiger partial charge is 0.166 e. The molecule has 158 valence electrons. The van der Waals surface area contributed by atoms with Gasteiger partial charge in [0.25, 0.3) is 0 Å². The molecule has 4 rings (SSSR count). The molecule has 1 aromatic carbocycles. The van der Waals surface area contributed by atoms with Gasteiger partial charge in [0.05, 0.1) is 16.8 Å². The molecule has 3 N–H and O–H groups in total. The Morgan fingerprint density at radius 2 is 2.03 bits per heavy atom. The number of pyridine rings is 1. The van der Waals surface area contributed by atoms with E-state index in [0.717, 1.165) is 37.2 Å². The van der Waals surface area contributed by atoms with E-state index in [1.54, 1.807) is 19.2 Å². The third-order valence-corrected chi connectivity index (χ3v) is 5.97. The molecule has 0 bridgehead atoms. The number of anilines is 1. The SMILES string of the molecule is CC(Oc1cc(-c2ccn(C3CCNCC3)n2)cnc1N)c1c(Cl)ccc(F)c1Cl. The minimum absolute atomic E-state index is 0.0709. The van der Waals surface area contributed by atoms with Crippen LogP contribution in [0.2, 0.25) is 10.0 Å². The summed E-state index contributed by atoms with van der Waals surface area (Å²) in [6.07, 6.45) is 5.10. The highest BCUT2D eigenvalue weighted by atomic mass is 35.5. The Kier molecular flexibility index (Phi) is 6.13. The highest BCUT2D eigenvalue weighted by Crippen LogP contribution is 2.36. The second kappa shape index (κ2) is 8.79. The molecule has 1 unspecified atom stereocenters. The molecule has 0 aliphatic carbocycles. The van der Waals surface area contributed by atoms with E-state index < -0.39 is 11.9 Å². The van der Waals surface area contributed by atoms with Crippen LogP contribution in [-0.4, -0.2) is 27.9 Å². The number of nitrogens with zero attached hydrogens (tertiary/aromatic N) is 3. The second-order valence-corrected chi connectivity index (χ2v) is 8.07. The van der Waals surface area contributed by atoms with Gasteiger partial charge in [-0.05, 0) is 57.1 Å². The van der Waals surface area contributed by atoms with Gasteiger partial charge in [-0.2, -0.15) is 5.10 Å². The zero-order chi connectivity index (χ0) is 21.3. The topological polar surface area (TPSA) is 78.0 Å². The summed E-state index contributed by atoms with van der Waals surface area (Å²) in [5.41, 5.74) is 7.92. The highest BCUT2D eigenvalue weighted by Gasteiger charge is 2.21. The van der Waals surface area contributed by atoms with Crippen molar-refractivity contribution in [2.24, 2.45) is 0 Å². The Morgan fingerprint density at radius 1 is 1.27 bits per heavy atom. The third kappa shape index (κ3) is 4.24. The number of piperidine rings is 1. The summed E-state index contributed by atoms with van der Waals surface area (Å²) in [7, 11) is 0. The van der Waals surface area contributed by atoms with Crippen LogP contribution in [0, 0.1) is 5.82 Å². The molecule has 1 fully saturated rings. The summed E-state index contributed by atoms with van der Waals surface area (Å²) in [6, 6.07) is 6.77. The Morgan fingerprint density at radius 3 is 2.80 bits per heavy atom. The van der Waals surface area contributed by atoms with Crippen molar-refractivity contribution in [1.82, 2.24) is 20.1 Å². The molecule has 6 nitrogen and oxygen atoms in total. The maximum absolute atomic E-state index is 13.9. The van der Waals surface area contributed by atoms with Gasteiger partial charge in [-0.15, -0.1) is 0 Å². The number of ether oxygens (including phenoxy) is 1. The Bertz CT molecular complexity index is 1050. The lowest BCUT2D eigenvalue weighted by Crippen LogP contribution is -2.29. The largest absolute Gasteiger partial charge is 0.482 e. The first kappa shape index (κ1) is 20.9. The van der Waals surface area contributed by atoms with Crippen LogP contribution in [0.3, 0.4) is 0 Å². The average molecular weight is 450 g/mol. The van der Waals surface area contributed by atoms with E-state index in [0.29, 0.717) is 22.4 Å². The number of hydrogen-bond donors (Lipinski definition) is 2. The predicted molar refractivity (Wildman–Crippen MR) is 116 cm³/mol. The minimum Gasteiger partial charge on any atom is -0.482 e. The van der Waals surface area contributed by atoms with Gasteiger partial charge in [0, 0.05) is 28.5 Å². The number of nitrogens with one attached hydrogen (secondary N) is 1. The summed E-state index contributed by atoms with van der Waals surface area (Å²) in [6.45, 7) is 3.71. The number of halogens is 3. The third-order valence-electron chi connectivity index (χ3n) is 5.26. The van der Waals surface area contributed by atoms with E-state index >= 15 is 0 Å². The monoisotopic (exact) mass is 449 g/mol. The first-order valence-corrected chi connectivity index (χ1v) is 10.5. The molecule has 1 aliphatic rings. The van der Waals surface area contributed by atoms with Crippen LogP contribution in [0.5, 0.6) is 5.75 Å². The van der Waals surface area contributed by atoms with Gasteiger partial charge in [0.2, 0.25) is 0 Å². The number of nitrogen functional groups attached to an aromatic ring is 1. The summed E-state index contributed by atoms with van der Waals surface area (Å²) < 4.78 is 21.9. The lowest BCUT2D eigenvalue weighted by molar-refractivity contribution is 0.227. The maximum Gasteiger partial charge on any atom is 0.166 e. The van der Waals surface area contributed by atoms with Crippen LogP contribution < -0.4 is 15.8 Å². The molecule has 30 heavy (non-hydrogen) atoms. The number of rotatable bonds is 5. The van der Waals surface area contributed by atoms with Gasteiger partial charge in [0.15, 0.2) is 11.6 Å². The molecule has 0 spiro atoms. The molecular weight excluding hydrogens is 428 g/mol. The van der Waals surface area contributed by atoms with Gasteiger partial charge < -0.3 is 15.8 Å². The lowest BCUT2D eigenvalue weighted by atomic mass is 10.1. The van der Waals surface area contributed by atoms with E-state index in [2.05, 4.69) is 10.3 Å². The fraction of sp³-hybridized carbons (Fsp3) is 0.333. The van der Waals surface area contributed by atoms with Crippen molar-refractivity contribution in [2.75, 3.05) is 18.8 Å². The van der Waals surface area contributed by atoms with E-state index in [1.165, 1.54) is 12.1 Å². The summed E-state index contributed by atoms with van der Waals surface area (Å²) >= 11 is 12.3. The number of hydrogen-bond acceptors (Lipinski definition) is 5. The molecule has 0 saturated carbocycles. The van der Waals surface area contributed by atoms with Crippen molar-refractivity contribution in [3.63, 3.8) is 0 Å². The van der Waals surface area contributed by atoms with Crippen molar-refractivity contribution in [3.8, 4) is 17.0 Å². The lowest BCUT2D eigenvalue weighted by Gasteiger charge is -2.22. The molecule has 1 aliphatic heterocycles. The summed E-state index contributed by atoms with van der Waals surface area (Å²) in [4.78, 5) is 4.24. The molecule has 3 aromatic rings. The molecule has 0 radical (unpaired) electrons. The molecule has 3 heterocycles. The molecule has 2 aromatic heterocycles. The molecule has 1 saturated heterocycles. The molecule has 0 amide bonds. The van der Waals surface area contributed by atoms with Gasteiger partial charge in [-0.1, -0.05) is 23.2 Å². The van der Waals surface area contributed by atoms with Crippen LogP contribution in [0.25, 0.3) is 11.3 Å². The quantitative estimate of drug-likeness (QED) is 0.533. The van der Waals surface area contributed by atoms with Crippen LogP contribution in [0.1, 0.15) is 37.5 Å². The number of benzene rings is 1. The van der Waals surface area contributed by atoms with Gasteiger partial charge in [-0.25, -0.2) is 9.37 Å². The average Bonchev–Trinajstić information content (AvgIpc) is 3.24. The molecule has 9 heteroatoms. The Balaban J connectivity index is 1.58. The number of aromatic nitrogens is 3. The van der Waals surface area contributed by atoms with Gasteiger partial charge >= 0.3 is 0 Å². The normalized spacial score (nSPS) is 15.9. The predicted octanol–water partition coefficient (Wildman–Crippen LogP) is 5.04. The Labute approximate surface area is 184 Å². The Hall–Kier alpha value is -2.35. The van der Waals surface area contributed by atoms with Crippen LogP contribution in [0.15, 0.2) is 36.7 Å². The summed E-state index contributed by atoms with van der Waals surface area (Å²) in [5, 5.41) is 8.31. The fourth-order valence-electron chi connectivity index (χ4n) is 3.62. The van der Waals surface area contributed by atoms with Crippen molar-refractivity contribution >= 4 is 29.0 Å². The minimum atomic E-state index is -0.632. The van der Waals surface area contributed by atoms with Crippen molar-refractivity contribution in [2.45, 2.75) is 31.9 Å². The second-order valence-electron chi connectivity index (χ2n) is 7.29. The van der Waals surface area contributed by atoms with E-state index in [-0.39, 0.29) is 10.8 Å². The van der Waals surface area contributed by atoms with Crippen LogP contribution in [0.4, 0.5) is 10.2 Å². The maximum atomic E-state index is 13.9. The zero-order valence-corrected chi connectivity index (χ0v) is 17.9. The van der Waals surface area contributed by atoms with Gasteiger partial charge in [0.1, 0.15) is 11.9 Å². The standard InChI is InChI=1S/C21H22Cl2FN5O/c1-12(19-15(22)2-3-16(24)20(19)23)30-18-10-13(11-27-21(18)25)17-6-9-29(28-17)14-4-7-26-8-5-14/h2-3,6,9-12,14,26H,4-5,7-8H2,1H3,(H2,25,27). The summed E-state index contributed by atoms with van der Waals surface area (Å²) in [5.74, 6) is 0.00895. The highest BCUT2D eigenvalue weighted by molar-refractivity contribution is 6.36. The first-order chi connectivity index (χ1) is 14.4. The van der Waals surface area contributed by atoms with Crippen molar-refractivity contribution in [3.05, 3.63) is 58.1 Å². The van der Waals surface area contributed by atoms with E-state index in [9.17, 15) is 4.39 Å². The van der Waals surface area contributed by atoms with Crippen molar-refractivity contribution in [1.29, 1.82) is 0 Å². The molecular formula is C21H22Cl2FN5O. The van der Waals surface area contributed by atoms with E-state index in [4.69, 9.17) is 38.8 Å². The van der Waals surface area contributed by atoms with Gasteiger partial charge in [-0.3, -0.25) is 4.68 Å². The first-order valence-electron chi connectivity index (χ1n) is 9.76.